The van der Waals surface area contributed by atoms with Gasteiger partial charge in [-0.3, -0.25) is 9.69 Å². The van der Waals surface area contributed by atoms with Crippen LogP contribution in [-0.2, 0) is 11.3 Å². The van der Waals surface area contributed by atoms with Crippen molar-refractivity contribution >= 4 is 5.97 Å². The third-order valence-corrected chi connectivity index (χ3v) is 3.35. The normalized spacial score (nSPS) is 14.5. The predicted octanol–water partition coefficient (Wildman–Crippen LogP) is 2.09. The molecule has 0 spiro atoms. The summed E-state index contributed by atoms with van der Waals surface area (Å²) in [6.07, 6.45) is 2.34. The fourth-order valence-electron chi connectivity index (χ4n) is 2.25. The van der Waals surface area contributed by atoms with Gasteiger partial charge in [-0.2, -0.15) is 0 Å². The van der Waals surface area contributed by atoms with E-state index in [0.717, 1.165) is 6.54 Å². The van der Waals surface area contributed by atoms with Crippen molar-refractivity contribution in [2.24, 2.45) is 5.92 Å². The Morgan fingerprint density at radius 3 is 2.80 bits per heavy atom. The number of nitrogens with zero attached hydrogens (tertiary/aromatic N) is 1. The molecule has 0 radical (unpaired) electrons. The minimum absolute atomic E-state index is 0.00516. The van der Waals surface area contributed by atoms with Crippen LogP contribution >= 0.6 is 0 Å². The number of carboxylic acid groups (broad SMARTS) is 1. The molecular weight excluding hydrogens is 258 g/mol. The molecule has 1 aliphatic carbocycles. The summed E-state index contributed by atoms with van der Waals surface area (Å²) in [5.41, 5.74) is 0.706. The first-order valence-corrected chi connectivity index (χ1v) is 6.98. The first-order chi connectivity index (χ1) is 9.60. The van der Waals surface area contributed by atoms with Crippen molar-refractivity contribution in [1.82, 2.24) is 4.90 Å². The highest BCUT2D eigenvalue weighted by molar-refractivity contribution is 5.69. The summed E-state index contributed by atoms with van der Waals surface area (Å²) in [6, 6.07) is 5.33. The Bertz CT molecular complexity index is 471. The molecule has 20 heavy (non-hydrogen) atoms. The van der Waals surface area contributed by atoms with E-state index in [9.17, 15) is 9.90 Å². The summed E-state index contributed by atoms with van der Waals surface area (Å²) in [5.74, 6) is 0.324. The van der Waals surface area contributed by atoms with E-state index in [4.69, 9.17) is 9.84 Å². The van der Waals surface area contributed by atoms with Gasteiger partial charge >= 0.3 is 5.97 Å². The zero-order valence-electron chi connectivity index (χ0n) is 11.7. The third kappa shape index (κ3) is 4.13. The standard InChI is InChI=1S/C15H21NO4/c1-2-20-13-5-3-4-12(15(13)19)9-16(10-14(17)18)8-11-6-7-11/h3-5,11,19H,2,6-10H2,1H3,(H,17,18). The van der Waals surface area contributed by atoms with E-state index in [1.165, 1.54) is 12.8 Å². The van der Waals surface area contributed by atoms with Crippen LogP contribution in [0.25, 0.3) is 0 Å². The number of rotatable bonds is 8. The molecule has 0 aliphatic heterocycles. The van der Waals surface area contributed by atoms with Crippen LogP contribution in [0.2, 0.25) is 0 Å². The maximum absolute atomic E-state index is 10.9. The van der Waals surface area contributed by atoms with E-state index < -0.39 is 5.97 Å². The molecule has 0 atom stereocenters. The van der Waals surface area contributed by atoms with Gasteiger partial charge in [0.25, 0.3) is 0 Å². The Balaban J connectivity index is 2.08. The fourth-order valence-corrected chi connectivity index (χ4v) is 2.25. The summed E-state index contributed by atoms with van der Waals surface area (Å²) in [5, 5.41) is 19.1. The molecule has 1 aliphatic rings. The maximum atomic E-state index is 10.9. The number of para-hydroxylation sites is 1. The number of aliphatic carboxylic acids is 1. The van der Waals surface area contributed by atoms with Gasteiger partial charge in [0, 0.05) is 18.7 Å². The Morgan fingerprint density at radius 2 is 2.20 bits per heavy atom. The second-order valence-electron chi connectivity index (χ2n) is 5.20. The minimum Gasteiger partial charge on any atom is -0.504 e. The van der Waals surface area contributed by atoms with Crippen molar-refractivity contribution in [1.29, 1.82) is 0 Å². The number of phenolic OH excluding ortho intramolecular Hbond substituents is 1. The number of phenols is 1. The summed E-state index contributed by atoms with van der Waals surface area (Å²) in [7, 11) is 0. The van der Waals surface area contributed by atoms with E-state index in [-0.39, 0.29) is 12.3 Å². The van der Waals surface area contributed by atoms with Gasteiger partial charge in [-0.15, -0.1) is 0 Å². The number of carbonyl (C=O) groups is 1. The Labute approximate surface area is 118 Å². The fraction of sp³-hybridized carbons (Fsp3) is 0.533. The van der Waals surface area contributed by atoms with Gasteiger partial charge in [0.2, 0.25) is 0 Å². The molecule has 0 aromatic heterocycles. The lowest BCUT2D eigenvalue weighted by molar-refractivity contribution is -0.138. The lowest BCUT2D eigenvalue weighted by atomic mass is 10.1. The van der Waals surface area contributed by atoms with Gasteiger partial charge in [-0.25, -0.2) is 0 Å². The van der Waals surface area contributed by atoms with Crippen LogP contribution in [0.15, 0.2) is 18.2 Å². The number of aromatic hydroxyl groups is 1. The molecule has 1 saturated carbocycles. The van der Waals surface area contributed by atoms with E-state index >= 15 is 0 Å². The van der Waals surface area contributed by atoms with E-state index in [1.54, 1.807) is 12.1 Å². The second kappa shape index (κ2) is 6.61. The maximum Gasteiger partial charge on any atom is 0.317 e. The summed E-state index contributed by atoms with van der Waals surface area (Å²) in [4.78, 5) is 12.8. The van der Waals surface area contributed by atoms with Crippen molar-refractivity contribution in [3.05, 3.63) is 23.8 Å². The van der Waals surface area contributed by atoms with Crippen LogP contribution in [-0.4, -0.2) is 40.8 Å². The SMILES string of the molecule is CCOc1cccc(CN(CC(=O)O)CC2CC2)c1O. The van der Waals surface area contributed by atoms with Crippen molar-refractivity contribution in [3.63, 3.8) is 0 Å². The van der Waals surface area contributed by atoms with Gasteiger partial charge < -0.3 is 14.9 Å². The van der Waals surface area contributed by atoms with Crippen LogP contribution < -0.4 is 4.74 Å². The lowest BCUT2D eigenvalue weighted by Gasteiger charge is -2.21. The molecule has 0 unspecified atom stereocenters. The van der Waals surface area contributed by atoms with Crippen LogP contribution in [0.4, 0.5) is 0 Å². The first kappa shape index (κ1) is 14.7. The highest BCUT2D eigenvalue weighted by Crippen LogP contribution is 2.33. The van der Waals surface area contributed by atoms with Crippen LogP contribution in [0.1, 0.15) is 25.3 Å². The Hall–Kier alpha value is -1.75. The first-order valence-electron chi connectivity index (χ1n) is 6.98. The summed E-state index contributed by atoms with van der Waals surface area (Å²) in [6.45, 7) is 3.53. The number of benzene rings is 1. The van der Waals surface area contributed by atoms with Crippen molar-refractivity contribution < 1.29 is 19.7 Å². The van der Waals surface area contributed by atoms with Gasteiger partial charge in [-0.05, 0) is 31.7 Å². The highest BCUT2D eigenvalue weighted by Gasteiger charge is 2.26. The Kier molecular flexibility index (Phi) is 4.84. The molecule has 5 nitrogen and oxygen atoms in total. The van der Waals surface area contributed by atoms with Gasteiger partial charge in [-0.1, -0.05) is 12.1 Å². The molecule has 0 heterocycles. The van der Waals surface area contributed by atoms with Gasteiger partial charge in [0.05, 0.1) is 13.2 Å². The van der Waals surface area contributed by atoms with Crippen LogP contribution in [0, 0.1) is 5.92 Å². The van der Waals surface area contributed by atoms with E-state index in [1.807, 2.05) is 17.9 Å². The Morgan fingerprint density at radius 1 is 1.45 bits per heavy atom. The highest BCUT2D eigenvalue weighted by atomic mass is 16.5. The molecule has 0 saturated heterocycles. The average Bonchev–Trinajstić information content (AvgIpc) is 3.17. The van der Waals surface area contributed by atoms with E-state index in [0.29, 0.717) is 30.4 Å². The molecule has 1 aromatic carbocycles. The molecule has 5 heteroatoms. The molecule has 2 rings (SSSR count). The molecule has 1 fully saturated rings. The number of ether oxygens (including phenoxy) is 1. The third-order valence-electron chi connectivity index (χ3n) is 3.35. The predicted molar refractivity (Wildman–Crippen MR) is 74.9 cm³/mol. The summed E-state index contributed by atoms with van der Waals surface area (Å²) >= 11 is 0. The van der Waals surface area contributed by atoms with E-state index in [2.05, 4.69) is 0 Å². The quantitative estimate of drug-likeness (QED) is 0.762. The zero-order valence-corrected chi connectivity index (χ0v) is 11.7. The van der Waals surface area contributed by atoms with Crippen molar-refractivity contribution in [2.45, 2.75) is 26.3 Å². The zero-order chi connectivity index (χ0) is 14.5. The lowest BCUT2D eigenvalue weighted by Crippen LogP contribution is -2.31. The average molecular weight is 279 g/mol. The smallest absolute Gasteiger partial charge is 0.317 e. The van der Waals surface area contributed by atoms with Crippen molar-refractivity contribution in [3.8, 4) is 11.5 Å². The van der Waals surface area contributed by atoms with Crippen molar-refractivity contribution in [2.75, 3.05) is 19.7 Å². The molecule has 0 amide bonds. The monoisotopic (exact) mass is 279 g/mol. The largest absolute Gasteiger partial charge is 0.504 e. The molecule has 0 bridgehead atoms. The molecule has 110 valence electrons. The number of hydrogen-bond donors (Lipinski definition) is 2. The number of carboxylic acids is 1. The van der Waals surface area contributed by atoms with Crippen LogP contribution in [0.3, 0.4) is 0 Å². The number of hydrogen-bond acceptors (Lipinski definition) is 4. The molecule has 2 N–H and O–H groups in total. The minimum atomic E-state index is -0.842. The second-order valence-corrected chi connectivity index (χ2v) is 5.20. The van der Waals surface area contributed by atoms with Gasteiger partial charge in [0.15, 0.2) is 11.5 Å². The van der Waals surface area contributed by atoms with Gasteiger partial charge in [0.1, 0.15) is 0 Å². The topological polar surface area (TPSA) is 70.0 Å². The summed E-state index contributed by atoms with van der Waals surface area (Å²) < 4.78 is 5.35. The molecule has 1 aromatic rings. The molecular formula is C15H21NO4. The van der Waals surface area contributed by atoms with Crippen LogP contribution in [0.5, 0.6) is 11.5 Å².